The zero-order chi connectivity index (χ0) is 15.6. The normalized spacial score (nSPS) is 28.0. The molecular formula is C16H25N3O2S. The summed E-state index contributed by atoms with van der Waals surface area (Å²) in [5, 5.41) is 3.46. The van der Waals surface area contributed by atoms with Crippen LogP contribution in [0.15, 0.2) is 35.2 Å². The summed E-state index contributed by atoms with van der Waals surface area (Å²) in [5.74, 6) is 0. The molecule has 0 spiro atoms. The summed E-state index contributed by atoms with van der Waals surface area (Å²) in [6, 6.07) is 8.75. The van der Waals surface area contributed by atoms with Crippen molar-refractivity contribution < 1.29 is 8.42 Å². The average Bonchev–Trinajstić information content (AvgIpc) is 3.06. The fraction of sp³-hybridized carbons (Fsp3) is 0.625. The van der Waals surface area contributed by atoms with Gasteiger partial charge in [-0.15, -0.1) is 0 Å². The van der Waals surface area contributed by atoms with Crippen molar-refractivity contribution in [1.29, 1.82) is 0 Å². The molecule has 0 amide bonds. The number of sulfonamides is 1. The number of hydrogen-bond donors (Lipinski definition) is 1. The molecule has 2 aliphatic rings. The molecule has 1 N–H and O–H groups in total. The molecule has 6 heteroatoms. The first-order valence-corrected chi connectivity index (χ1v) is 9.53. The van der Waals surface area contributed by atoms with Crippen LogP contribution >= 0.6 is 0 Å². The first-order valence-electron chi connectivity index (χ1n) is 8.09. The van der Waals surface area contributed by atoms with Crippen molar-refractivity contribution in [3.63, 3.8) is 0 Å². The number of piperazine rings is 1. The van der Waals surface area contributed by atoms with Gasteiger partial charge >= 0.3 is 0 Å². The van der Waals surface area contributed by atoms with E-state index in [-0.39, 0.29) is 5.54 Å². The van der Waals surface area contributed by atoms with E-state index >= 15 is 0 Å². The number of nitrogens with one attached hydrogen (secondary N) is 1. The summed E-state index contributed by atoms with van der Waals surface area (Å²) < 4.78 is 26.9. The number of nitrogens with zero attached hydrogens (tertiary/aromatic N) is 2. The molecule has 1 unspecified atom stereocenters. The van der Waals surface area contributed by atoms with Crippen LogP contribution in [0.2, 0.25) is 0 Å². The Labute approximate surface area is 133 Å². The summed E-state index contributed by atoms with van der Waals surface area (Å²) in [6.07, 6.45) is 2.28. The SMILES string of the molecule is CCC1(N2CCN(S(=O)(=O)c3ccccc3)CC2)CCNC1. The summed E-state index contributed by atoms with van der Waals surface area (Å²) in [4.78, 5) is 2.89. The van der Waals surface area contributed by atoms with E-state index in [2.05, 4.69) is 17.1 Å². The van der Waals surface area contributed by atoms with E-state index in [9.17, 15) is 8.42 Å². The molecule has 0 saturated carbocycles. The molecule has 2 fully saturated rings. The van der Waals surface area contributed by atoms with Gasteiger partial charge in [0.05, 0.1) is 4.90 Å². The Hall–Kier alpha value is -0.950. The highest BCUT2D eigenvalue weighted by atomic mass is 32.2. The van der Waals surface area contributed by atoms with Crippen LogP contribution in [0.1, 0.15) is 19.8 Å². The Morgan fingerprint density at radius 1 is 1.14 bits per heavy atom. The van der Waals surface area contributed by atoms with Crippen molar-refractivity contribution in [2.45, 2.75) is 30.2 Å². The van der Waals surface area contributed by atoms with Gasteiger partial charge in [0.1, 0.15) is 0 Å². The van der Waals surface area contributed by atoms with Crippen LogP contribution in [0.4, 0.5) is 0 Å². The molecule has 122 valence electrons. The van der Waals surface area contributed by atoms with Crippen LogP contribution in [0.25, 0.3) is 0 Å². The van der Waals surface area contributed by atoms with Gasteiger partial charge in [0.15, 0.2) is 0 Å². The fourth-order valence-electron chi connectivity index (χ4n) is 3.67. The minimum Gasteiger partial charge on any atom is -0.315 e. The third-order valence-corrected chi connectivity index (χ3v) is 7.08. The van der Waals surface area contributed by atoms with Gasteiger partial charge in [-0.2, -0.15) is 4.31 Å². The fourth-order valence-corrected chi connectivity index (χ4v) is 5.11. The quantitative estimate of drug-likeness (QED) is 0.903. The first-order chi connectivity index (χ1) is 10.6. The highest BCUT2D eigenvalue weighted by Gasteiger charge is 2.40. The van der Waals surface area contributed by atoms with Gasteiger partial charge in [0, 0.05) is 38.3 Å². The van der Waals surface area contributed by atoms with E-state index < -0.39 is 10.0 Å². The first kappa shape index (κ1) is 15.9. The molecule has 22 heavy (non-hydrogen) atoms. The van der Waals surface area contributed by atoms with E-state index in [0.717, 1.165) is 39.0 Å². The van der Waals surface area contributed by atoms with Crippen molar-refractivity contribution in [2.24, 2.45) is 0 Å². The largest absolute Gasteiger partial charge is 0.315 e. The van der Waals surface area contributed by atoms with Gasteiger partial charge in [0.25, 0.3) is 0 Å². The summed E-state index contributed by atoms with van der Waals surface area (Å²) in [5.41, 5.74) is 0.225. The molecule has 1 aromatic rings. The summed E-state index contributed by atoms with van der Waals surface area (Å²) in [7, 11) is -3.34. The zero-order valence-electron chi connectivity index (χ0n) is 13.2. The lowest BCUT2D eigenvalue weighted by molar-refractivity contribution is 0.0637. The molecule has 1 atom stereocenters. The Bertz CT molecular complexity index is 589. The van der Waals surface area contributed by atoms with Crippen molar-refractivity contribution >= 4 is 10.0 Å². The minimum absolute atomic E-state index is 0.225. The van der Waals surface area contributed by atoms with Crippen LogP contribution < -0.4 is 5.32 Å². The van der Waals surface area contributed by atoms with Crippen molar-refractivity contribution in [1.82, 2.24) is 14.5 Å². The number of benzene rings is 1. The lowest BCUT2D eigenvalue weighted by atomic mass is 9.92. The number of hydrogen-bond acceptors (Lipinski definition) is 4. The van der Waals surface area contributed by atoms with Crippen molar-refractivity contribution in [2.75, 3.05) is 39.3 Å². The monoisotopic (exact) mass is 323 g/mol. The predicted octanol–water partition coefficient (Wildman–Crippen LogP) is 1.14. The lowest BCUT2D eigenvalue weighted by Gasteiger charge is -2.45. The molecule has 2 saturated heterocycles. The summed E-state index contributed by atoms with van der Waals surface area (Å²) in [6.45, 7) is 7.13. The second-order valence-electron chi connectivity index (χ2n) is 6.21. The predicted molar refractivity (Wildman–Crippen MR) is 87.3 cm³/mol. The van der Waals surface area contributed by atoms with E-state index in [0.29, 0.717) is 18.0 Å². The highest BCUT2D eigenvalue weighted by Crippen LogP contribution is 2.29. The zero-order valence-corrected chi connectivity index (χ0v) is 14.0. The third-order valence-electron chi connectivity index (χ3n) is 5.17. The maximum absolute atomic E-state index is 12.7. The molecule has 5 nitrogen and oxygen atoms in total. The molecule has 0 aromatic heterocycles. The van der Waals surface area contributed by atoms with Crippen LogP contribution in [0, 0.1) is 0 Å². The van der Waals surface area contributed by atoms with Crippen LogP contribution in [-0.2, 0) is 10.0 Å². The second-order valence-corrected chi connectivity index (χ2v) is 8.15. The molecule has 0 radical (unpaired) electrons. The third kappa shape index (κ3) is 2.80. The van der Waals surface area contributed by atoms with Crippen molar-refractivity contribution in [3.8, 4) is 0 Å². The molecule has 2 aliphatic heterocycles. The van der Waals surface area contributed by atoms with Crippen LogP contribution in [0.3, 0.4) is 0 Å². The Kier molecular flexibility index (Phi) is 4.54. The smallest absolute Gasteiger partial charge is 0.243 e. The Morgan fingerprint density at radius 2 is 1.82 bits per heavy atom. The van der Waals surface area contributed by atoms with Gasteiger partial charge in [-0.25, -0.2) is 8.42 Å². The Morgan fingerprint density at radius 3 is 2.36 bits per heavy atom. The molecule has 3 rings (SSSR count). The van der Waals surface area contributed by atoms with E-state index in [1.165, 1.54) is 0 Å². The maximum Gasteiger partial charge on any atom is 0.243 e. The minimum atomic E-state index is -3.34. The van der Waals surface area contributed by atoms with Crippen LogP contribution in [-0.4, -0.2) is 62.4 Å². The van der Waals surface area contributed by atoms with Crippen molar-refractivity contribution in [3.05, 3.63) is 30.3 Å². The maximum atomic E-state index is 12.7. The van der Waals surface area contributed by atoms with Gasteiger partial charge in [-0.3, -0.25) is 4.90 Å². The van der Waals surface area contributed by atoms with E-state index in [4.69, 9.17) is 0 Å². The molecule has 0 bridgehead atoms. The standard InChI is InChI=1S/C16H25N3O2S/c1-2-16(8-9-17-14-16)18-10-12-19(13-11-18)22(20,21)15-6-4-3-5-7-15/h3-7,17H,2,8-14H2,1H3. The second kappa shape index (κ2) is 6.28. The topological polar surface area (TPSA) is 52.7 Å². The average molecular weight is 323 g/mol. The molecular weight excluding hydrogens is 298 g/mol. The van der Waals surface area contributed by atoms with Gasteiger partial charge in [-0.1, -0.05) is 25.1 Å². The summed E-state index contributed by atoms with van der Waals surface area (Å²) >= 11 is 0. The van der Waals surface area contributed by atoms with E-state index in [1.807, 2.05) is 6.07 Å². The molecule has 1 aromatic carbocycles. The molecule has 0 aliphatic carbocycles. The van der Waals surface area contributed by atoms with Gasteiger partial charge in [-0.05, 0) is 31.5 Å². The highest BCUT2D eigenvalue weighted by molar-refractivity contribution is 7.89. The number of rotatable bonds is 4. The molecule has 2 heterocycles. The van der Waals surface area contributed by atoms with E-state index in [1.54, 1.807) is 28.6 Å². The van der Waals surface area contributed by atoms with Gasteiger partial charge < -0.3 is 5.32 Å². The van der Waals surface area contributed by atoms with Crippen LogP contribution in [0.5, 0.6) is 0 Å². The lowest BCUT2D eigenvalue weighted by Crippen LogP contribution is -2.58. The van der Waals surface area contributed by atoms with Gasteiger partial charge in [0.2, 0.25) is 10.0 Å². The Balaban J connectivity index is 1.69.